The summed E-state index contributed by atoms with van der Waals surface area (Å²) >= 11 is 4.52. The van der Waals surface area contributed by atoms with Crippen molar-refractivity contribution in [1.29, 1.82) is 0 Å². The van der Waals surface area contributed by atoms with E-state index in [1.54, 1.807) is 31.2 Å². The quantitative estimate of drug-likeness (QED) is 0.738. The summed E-state index contributed by atoms with van der Waals surface area (Å²) in [6.45, 7) is 3.16. The van der Waals surface area contributed by atoms with Crippen molar-refractivity contribution >= 4 is 50.1 Å². The molecule has 2 aromatic rings. The van der Waals surface area contributed by atoms with Crippen LogP contribution in [0.5, 0.6) is 0 Å². The van der Waals surface area contributed by atoms with E-state index in [0.29, 0.717) is 20.6 Å². The van der Waals surface area contributed by atoms with Crippen molar-refractivity contribution in [2.24, 2.45) is 0 Å². The fraction of sp³-hybridized carbons (Fsp3) is 0.235. The Labute approximate surface area is 157 Å². The molecule has 1 amide bonds. The van der Waals surface area contributed by atoms with Gasteiger partial charge >= 0.3 is 11.9 Å². The third-order valence-electron chi connectivity index (χ3n) is 3.46. The lowest BCUT2D eigenvalue weighted by molar-refractivity contribution is -0.119. The van der Waals surface area contributed by atoms with Gasteiger partial charge in [-0.2, -0.15) is 0 Å². The summed E-state index contributed by atoms with van der Waals surface area (Å²) in [7, 11) is 1.28. The van der Waals surface area contributed by atoms with Crippen molar-refractivity contribution in [3.63, 3.8) is 0 Å². The molecule has 0 spiro atoms. The van der Waals surface area contributed by atoms with E-state index in [4.69, 9.17) is 9.47 Å². The van der Waals surface area contributed by atoms with Crippen LogP contribution >= 0.6 is 27.3 Å². The third-order valence-corrected chi connectivity index (χ3v) is 5.27. The topological polar surface area (TPSA) is 81.7 Å². The summed E-state index contributed by atoms with van der Waals surface area (Å²) in [6, 6.07) is 6.76. The van der Waals surface area contributed by atoms with Crippen molar-refractivity contribution in [2.75, 3.05) is 19.0 Å². The van der Waals surface area contributed by atoms with E-state index in [1.807, 2.05) is 6.92 Å². The second-order valence-electron chi connectivity index (χ2n) is 5.08. The number of nitrogens with one attached hydrogen (secondary N) is 1. The lowest BCUT2D eigenvalue weighted by atomic mass is 10.1. The smallest absolute Gasteiger partial charge is 0.341 e. The Morgan fingerprint density at radius 2 is 1.84 bits per heavy atom. The number of aryl methyl sites for hydroxylation is 1. The Kier molecular flexibility index (Phi) is 6.33. The van der Waals surface area contributed by atoms with Gasteiger partial charge < -0.3 is 14.8 Å². The zero-order chi connectivity index (χ0) is 18.6. The molecule has 6 nitrogen and oxygen atoms in total. The Balaban J connectivity index is 2.04. The SMILES string of the molecule is COC(=O)c1c(NC(=O)COC(=O)c2ccccc2Br)sc(C)c1C. The summed E-state index contributed by atoms with van der Waals surface area (Å²) in [6.07, 6.45) is 0. The van der Waals surface area contributed by atoms with Gasteiger partial charge in [0.25, 0.3) is 5.91 Å². The van der Waals surface area contributed by atoms with Crippen LogP contribution in [-0.2, 0) is 14.3 Å². The zero-order valence-corrected chi connectivity index (χ0v) is 16.2. The van der Waals surface area contributed by atoms with Crippen LogP contribution in [0.15, 0.2) is 28.7 Å². The molecule has 0 aliphatic carbocycles. The first kappa shape index (κ1) is 19.1. The number of halogens is 1. The first-order valence-corrected chi connectivity index (χ1v) is 8.86. The van der Waals surface area contributed by atoms with E-state index >= 15 is 0 Å². The predicted octanol–water partition coefficient (Wildman–Crippen LogP) is 3.71. The van der Waals surface area contributed by atoms with Crippen LogP contribution in [0.2, 0.25) is 0 Å². The van der Waals surface area contributed by atoms with Crippen LogP contribution in [0.4, 0.5) is 5.00 Å². The highest BCUT2D eigenvalue weighted by molar-refractivity contribution is 9.10. The number of thiophene rings is 1. The fourth-order valence-corrected chi connectivity index (χ4v) is 3.57. The molecule has 0 aliphatic rings. The predicted molar refractivity (Wildman–Crippen MR) is 98.2 cm³/mol. The second-order valence-corrected chi connectivity index (χ2v) is 7.16. The number of ether oxygens (including phenoxy) is 2. The van der Waals surface area contributed by atoms with Crippen molar-refractivity contribution in [2.45, 2.75) is 13.8 Å². The van der Waals surface area contributed by atoms with Crippen molar-refractivity contribution in [3.05, 3.63) is 50.3 Å². The van der Waals surface area contributed by atoms with Crippen LogP contribution in [0.1, 0.15) is 31.2 Å². The van der Waals surface area contributed by atoms with Gasteiger partial charge in [-0.05, 0) is 47.5 Å². The third kappa shape index (κ3) is 4.46. The molecule has 0 radical (unpaired) electrons. The molecular weight excluding hydrogens is 410 g/mol. The zero-order valence-electron chi connectivity index (χ0n) is 13.8. The van der Waals surface area contributed by atoms with Gasteiger partial charge in [0.15, 0.2) is 6.61 Å². The second kappa shape index (κ2) is 8.26. The monoisotopic (exact) mass is 425 g/mol. The minimum atomic E-state index is -0.616. The molecule has 2 rings (SSSR count). The number of hydrogen-bond acceptors (Lipinski definition) is 6. The van der Waals surface area contributed by atoms with E-state index in [0.717, 1.165) is 10.4 Å². The van der Waals surface area contributed by atoms with E-state index in [1.165, 1.54) is 18.4 Å². The highest BCUT2D eigenvalue weighted by Gasteiger charge is 2.22. The van der Waals surface area contributed by atoms with Crippen LogP contribution in [-0.4, -0.2) is 31.6 Å². The molecule has 0 aliphatic heterocycles. The van der Waals surface area contributed by atoms with E-state index in [9.17, 15) is 14.4 Å². The average Bonchev–Trinajstić information content (AvgIpc) is 2.86. The number of benzene rings is 1. The maximum Gasteiger partial charge on any atom is 0.341 e. The number of carbonyl (C=O) groups is 3. The number of methoxy groups -OCH3 is 1. The van der Waals surface area contributed by atoms with E-state index < -0.39 is 24.5 Å². The maximum atomic E-state index is 12.1. The number of amides is 1. The van der Waals surface area contributed by atoms with Gasteiger partial charge in [-0.1, -0.05) is 12.1 Å². The number of rotatable bonds is 5. The highest BCUT2D eigenvalue weighted by atomic mass is 79.9. The molecule has 25 heavy (non-hydrogen) atoms. The maximum absolute atomic E-state index is 12.1. The standard InChI is InChI=1S/C17H16BrNO5S/c1-9-10(2)25-15(14(9)17(22)23-3)19-13(20)8-24-16(21)11-6-4-5-7-12(11)18/h4-7H,8H2,1-3H3,(H,19,20). The van der Waals surface area contributed by atoms with Gasteiger partial charge in [0.1, 0.15) is 5.00 Å². The molecule has 1 heterocycles. The van der Waals surface area contributed by atoms with Crippen LogP contribution in [0.3, 0.4) is 0 Å². The first-order valence-electron chi connectivity index (χ1n) is 7.25. The number of carbonyl (C=O) groups excluding carboxylic acids is 3. The Morgan fingerprint density at radius 3 is 2.48 bits per heavy atom. The Morgan fingerprint density at radius 1 is 1.16 bits per heavy atom. The lowest BCUT2D eigenvalue weighted by Crippen LogP contribution is -2.21. The fourth-order valence-electron chi connectivity index (χ4n) is 2.06. The van der Waals surface area contributed by atoms with Gasteiger partial charge in [-0.15, -0.1) is 11.3 Å². The largest absolute Gasteiger partial charge is 0.465 e. The molecule has 1 aromatic carbocycles. The van der Waals surface area contributed by atoms with Crippen LogP contribution in [0.25, 0.3) is 0 Å². The number of esters is 2. The molecule has 132 valence electrons. The van der Waals surface area contributed by atoms with Gasteiger partial charge in [0.2, 0.25) is 0 Å². The Bertz CT molecular complexity index is 830. The highest BCUT2D eigenvalue weighted by Crippen LogP contribution is 2.32. The number of hydrogen-bond donors (Lipinski definition) is 1. The molecule has 1 N–H and O–H groups in total. The van der Waals surface area contributed by atoms with Crippen molar-refractivity contribution in [3.8, 4) is 0 Å². The van der Waals surface area contributed by atoms with E-state index in [-0.39, 0.29) is 0 Å². The van der Waals surface area contributed by atoms with Gasteiger partial charge in [-0.25, -0.2) is 9.59 Å². The summed E-state index contributed by atoms with van der Waals surface area (Å²) in [5, 5.41) is 2.98. The normalized spacial score (nSPS) is 10.2. The molecule has 8 heteroatoms. The molecule has 0 bridgehead atoms. The minimum Gasteiger partial charge on any atom is -0.465 e. The molecule has 0 fully saturated rings. The van der Waals surface area contributed by atoms with Crippen molar-refractivity contribution < 1.29 is 23.9 Å². The minimum absolute atomic E-state index is 0.315. The average molecular weight is 426 g/mol. The first-order chi connectivity index (χ1) is 11.8. The van der Waals surface area contributed by atoms with Crippen LogP contribution < -0.4 is 5.32 Å². The van der Waals surface area contributed by atoms with Crippen LogP contribution in [0, 0.1) is 13.8 Å². The van der Waals surface area contributed by atoms with Gasteiger partial charge in [0.05, 0.1) is 18.2 Å². The summed E-state index contributed by atoms with van der Waals surface area (Å²) in [4.78, 5) is 36.8. The molecule has 0 atom stereocenters. The molecule has 0 saturated heterocycles. The summed E-state index contributed by atoms with van der Waals surface area (Å²) in [5.74, 6) is -1.68. The molecular formula is C17H16BrNO5S. The molecule has 0 unspecified atom stereocenters. The summed E-state index contributed by atoms with van der Waals surface area (Å²) < 4.78 is 10.3. The number of anilines is 1. The summed E-state index contributed by atoms with van der Waals surface area (Å²) in [5.41, 5.74) is 1.39. The van der Waals surface area contributed by atoms with Gasteiger partial charge in [-0.3, -0.25) is 4.79 Å². The molecule has 1 aromatic heterocycles. The van der Waals surface area contributed by atoms with Gasteiger partial charge in [0, 0.05) is 9.35 Å². The van der Waals surface area contributed by atoms with Crippen molar-refractivity contribution in [1.82, 2.24) is 0 Å². The molecule has 0 saturated carbocycles. The van der Waals surface area contributed by atoms with E-state index in [2.05, 4.69) is 21.2 Å². The lowest BCUT2D eigenvalue weighted by Gasteiger charge is -2.08. The Hall–Kier alpha value is -2.19.